The van der Waals surface area contributed by atoms with Crippen LogP contribution in [0.4, 0.5) is 5.69 Å². The van der Waals surface area contributed by atoms with Crippen molar-refractivity contribution in [3.05, 3.63) is 83.4 Å². The van der Waals surface area contributed by atoms with Crippen molar-refractivity contribution in [1.29, 1.82) is 0 Å². The SMILES string of the molecule is Cc1cc([C@H]2[C@H](c3ccccn3)NC(=S)N2CC(=O)Nc2ccccc2)c(C)n1CCCN1CCOCC1. The normalized spacial score (nSPS) is 19.9. The fraction of sp³-hybridized carbons (Fsp3) is 0.414. The Morgan fingerprint density at radius 2 is 1.87 bits per heavy atom. The van der Waals surface area contributed by atoms with Crippen molar-refractivity contribution in [2.75, 3.05) is 44.7 Å². The van der Waals surface area contributed by atoms with Gasteiger partial charge in [0.1, 0.15) is 6.54 Å². The Labute approximate surface area is 230 Å². The van der Waals surface area contributed by atoms with Crippen molar-refractivity contribution in [2.45, 2.75) is 38.9 Å². The summed E-state index contributed by atoms with van der Waals surface area (Å²) in [4.78, 5) is 22.2. The summed E-state index contributed by atoms with van der Waals surface area (Å²) in [7, 11) is 0. The van der Waals surface area contributed by atoms with Gasteiger partial charge in [0.2, 0.25) is 5.91 Å². The molecule has 0 aliphatic carbocycles. The van der Waals surface area contributed by atoms with E-state index in [9.17, 15) is 4.79 Å². The van der Waals surface area contributed by atoms with E-state index < -0.39 is 0 Å². The van der Waals surface area contributed by atoms with Gasteiger partial charge in [0.05, 0.1) is 31.0 Å². The van der Waals surface area contributed by atoms with Gasteiger partial charge in [-0.15, -0.1) is 0 Å². The molecule has 2 aliphatic heterocycles. The molecule has 2 fully saturated rings. The summed E-state index contributed by atoms with van der Waals surface area (Å²) in [6.07, 6.45) is 2.88. The first kappa shape index (κ1) is 26.3. The Balaban J connectivity index is 1.39. The van der Waals surface area contributed by atoms with E-state index in [4.69, 9.17) is 17.0 Å². The summed E-state index contributed by atoms with van der Waals surface area (Å²) >= 11 is 5.79. The number of hydrogen-bond donors (Lipinski definition) is 2. The lowest BCUT2D eigenvalue weighted by Gasteiger charge is -2.28. The molecule has 8 nitrogen and oxygen atoms in total. The molecule has 0 unspecified atom stereocenters. The highest BCUT2D eigenvalue weighted by Gasteiger charge is 2.42. The Bertz CT molecular complexity index is 1240. The van der Waals surface area contributed by atoms with Crippen LogP contribution in [-0.4, -0.2) is 69.8 Å². The third-order valence-electron chi connectivity index (χ3n) is 7.46. The van der Waals surface area contributed by atoms with Crippen LogP contribution in [-0.2, 0) is 16.1 Å². The van der Waals surface area contributed by atoms with Crippen molar-refractivity contribution in [1.82, 2.24) is 24.7 Å². The number of hydrogen-bond acceptors (Lipinski definition) is 5. The summed E-state index contributed by atoms with van der Waals surface area (Å²) < 4.78 is 7.88. The highest BCUT2D eigenvalue weighted by molar-refractivity contribution is 7.80. The summed E-state index contributed by atoms with van der Waals surface area (Å²) in [5, 5.41) is 7.03. The van der Waals surface area contributed by atoms with Crippen molar-refractivity contribution in [2.24, 2.45) is 0 Å². The van der Waals surface area contributed by atoms with Gasteiger partial charge in [0.15, 0.2) is 5.11 Å². The molecule has 2 aliphatic rings. The van der Waals surface area contributed by atoms with Crippen LogP contribution in [0.15, 0.2) is 60.8 Å². The molecular formula is C29H36N6O2S. The van der Waals surface area contributed by atoms with E-state index in [0.717, 1.165) is 57.2 Å². The molecule has 0 spiro atoms. The average molecular weight is 533 g/mol. The summed E-state index contributed by atoms with van der Waals surface area (Å²) in [6.45, 7) is 10.2. The van der Waals surface area contributed by atoms with E-state index in [0.29, 0.717) is 5.11 Å². The van der Waals surface area contributed by atoms with Gasteiger partial charge in [-0.3, -0.25) is 14.7 Å². The lowest BCUT2D eigenvalue weighted by molar-refractivity contribution is -0.116. The zero-order valence-electron chi connectivity index (χ0n) is 22.1. The van der Waals surface area contributed by atoms with Gasteiger partial charge in [-0.2, -0.15) is 0 Å². The summed E-state index contributed by atoms with van der Waals surface area (Å²) in [5.41, 5.74) is 5.26. The van der Waals surface area contributed by atoms with Crippen LogP contribution < -0.4 is 10.6 Å². The number of anilines is 1. The number of para-hydroxylation sites is 1. The largest absolute Gasteiger partial charge is 0.379 e. The maximum atomic E-state index is 13.1. The van der Waals surface area contributed by atoms with Crippen molar-refractivity contribution in [3.8, 4) is 0 Å². The summed E-state index contributed by atoms with van der Waals surface area (Å²) in [6, 6.07) is 17.4. The fourth-order valence-electron chi connectivity index (χ4n) is 5.54. The molecule has 0 radical (unpaired) electrons. The molecule has 9 heteroatoms. The second-order valence-electron chi connectivity index (χ2n) is 9.95. The number of carbonyl (C=O) groups is 1. The van der Waals surface area contributed by atoms with Crippen LogP contribution in [0.5, 0.6) is 0 Å². The Morgan fingerprint density at radius 1 is 1.11 bits per heavy atom. The van der Waals surface area contributed by atoms with Gasteiger partial charge >= 0.3 is 0 Å². The number of aryl methyl sites for hydroxylation is 1. The zero-order valence-corrected chi connectivity index (χ0v) is 22.9. The second kappa shape index (κ2) is 12.1. The number of carbonyl (C=O) groups excluding carboxylic acids is 1. The van der Waals surface area contributed by atoms with Crippen molar-refractivity contribution in [3.63, 3.8) is 0 Å². The van der Waals surface area contributed by atoms with Crippen LogP contribution in [0.2, 0.25) is 0 Å². The van der Waals surface area contributed by atoms with Crippen LogP contribution in [0, 0.1) is 13.8 Å². The van der Waals surface area contributed by atoms with Gasteiger partial charge < -0.3 is 24.8 Å². The fourth-order valence-corrected chi connectivity index (χ4v) is 5.84. The number of aromatic nitrogens is 2. The standard InChI is InChI=1S/C29H36N6O2S/c1-21-19-24(22(2)34(21)14-8-13-33-15-17-37-18-16-33)28-27(25-11-6-7-12-30-25)32-29(38)35(28)20-26(36)31-23-9-4-3-5-10-23/h3-7,9-12,19,27-28H,8,13-18,20H2,1-2H3,(H,31,36)(H,32,38)/t27-,28-/m0/s1. The molecule has 1 aromatic carbocycles. The molecule has 2 N–H and O–H groups in total. The highest BCUT2D eigenvalue weighted by atomic mass is 32.1. The molecule has 1 amide bonds. The van der Waals surface area contributed by atoms with E-state index >= 15 is 0 Å². The average Bonchev–Trinajstić information content (AvgIpc) is 3.40. The Kier molecular flexibility index (Phi) is 8.36. The second-order valence-corrected chi connectivity index (χ2v) is 10.3. The molecule has 0 saturated carbocycles. The number of morpholine rings is 1. The van der Waals surface area contributed by atoms with Gasteiger partial charge in [0, 0.05) is 49.5 Å². The van der Waals surface area contributed by atoms with Crippen molar-refractivity contribution >= 4 is 28.9 Å². The Hall–Kier alpha value is -3.27. The molecule has 4 heterocycles. The minimum absolute atomic E-state index is 0.105. The van der Waals surface area contributed by atoms with Gasteiger partial charge in [-0.05, 0) is 68.4 Å². The molecule has 2 aromatic heterocycles. The number of nitrogens with zero attached hydrogens (tertiary/aromatic N) is 4. The molecule has 2 saturated heterocycles. The monoisotopic (exact) mass is 532 g/mol. The van der Waals surface area contributed by atoms with Gasteiger partial charge in [0.25, 0.3) is 0 Å². The lowest BCUT2D eigenvalue weighted by atomic mass is 9.96. The van der Waals surface area contributed by atoms with Crippen molar-refractivity contribution < 1.29 is 9.53 Å². The van der Waals surface area contributed by atoms with E-state index in [2.05, 4.69) is 45.0 Å². The topological polar surface area (TPSA) is 74.7 Å². The Morgan fingerprint density at radius 3 is 2.61 bits per heavy atom. The minimum Gasteiger partial charge on any atom is -0.379 e. The molecule has 200 valence electrons. The quantitative estimate of drug-likeness (QED) is 0.406. The van der Waals surface area contributed by atoms with E-state index in [1.165, 1.54) is 17.0 Å². The van der Waals surface area contributed by atoms with Gasteiger partial charge in [-0.1, -0.05) is 24.3 Å². The maximum absolute atomic E-state index is 13.1. The number of nitrogens with one attached hydrogen (secondary N) is 2. The molecule has 38 heavy (non-hydrogen) atoms. The predicted molar refractivity (Wildman–Crippen MR) is 153 cm³/mol. The number of pyridine rings is 1. The van der Waals surface area contributed by atoms with Crippen LogP contribution >= 0.6 is 12.2 Å². The molecule has 0 bridgehead atoms. The number of rotatable bonds is 9. The zero-order chi connectivity index (χ0) is 26.5. The van der Waals surface area contributed by atoms with Gasteiger partial charge in [-0.25, -0.2) is 0 Å². The number of ether oxygens (including phenoxy) is 1. The first-order chi connectivity index (χ1) is 18.5. The summed E-state index contributed by atoms with van der Waals surface area (Å²) in [5.74, 6) is -0.105. The van der Waals surface area contributed by atoms with E-state index in [1.807, 2.05) is 53.4 Å². The number of thiocarbonyl (C=S) groups is 1. The molecule has 3 aromatic rings. The van der Waals surface area contributed by atoms with Crippen LogP contribution in [0.25, 0.3) is 0 Å². The molecular weight excluding hydrogens is 496 g/mol. The third kappa shape index (κ3) is 5.90. The third-order valence-corrected chi connectivity index (χ3v) is 7.81. The number of benzene rings is 1. The minimum atomic E-state index is -0.157. The first-order valence-electron chi connectivity index (χ1n) is 13.3. The van der Waals surface area contributed by atoms with E-state index in [-0.39, 0.29) is 24.5 Å². The first-order valence-corrected chi connectivity index (χ1v) is 13.7. The molecule has 5 rings (SSSR count). The highest BCUT2D eigenvalue weighted by Crippen LogP contribution is 2.40. The lowest BCUT2D eigenvalue weighted by Crippen LogP contribution is -2.37. The smallest absolute Gasteiger partial charge is 0.244 e. The maximum Gasteiger partial charge on any atom is 0.244 e. The number of amides is 1. The van der Waals surface area contributed by atoms with E-state index in [1.54, 1.807) is 6.20 Å². The van der Waals surface area contributed by atoms with Crippen LogP contribution in [0.1, 0.15) is 41.1 Å². The van der Waals surface area contributed by atoms with Crippen LogP contribution in [0.3, 0.4) is 0 Å². The predicted octanol–water partition coefficient (Wildman–Crippen LogP) is 3.83. The molecule has 2 atom stereocenters.